The average molecular weight is 578 g/mol. The Labute approximate surface area is 160 Å². The molecule has 126 valence electrons. The van der Waals surface area contributed by atoms with Gasteiger partial charge in [0.15, 0.2) is 0 Å². The number of benzene rings is 2. The molecule has 2 aromatic rings. The lowest BCUT2D eigenvalue weighted by Crippen LogP contribution is -2.06. The number of halogens is 9. The molecule has 0 amide bonds. The predicted molar refractivity (Wildman–Crippen MR) is 93.3 cm³/mol. The van der Waals surface area contributed by atoms with Crippen LogP contribution in [0.2, 0.25) is 5.02 Å². The van der Waals surface area contributed by atoms with Crippen molar-refractivity contribution < 1.29 is 26.3 Å². The summed E-state index contributed by atoms with van der Waals surface area (Å²) in [4.78, 5) is 0. The summed E-state index contributed by atoms with van der Waals surface area (Å²) in [5.74, 6) is 0. The van der Waals surface area contributed by atoms with Crippen molar-refractivity contribution in [2.45, 2.75) is 12.4 Å². The van der Waals surface area contributed by atoms with E-state index in [1.807, 2.05) is 0 Å². The first-order chi connectivity index (χ1) is 10.4. The van der Waals surface area contributed by atoms with E-state index >= 15 is 0 Å². The van der Waals surface area contributed by atoms with Crippen molar-refractivity contribution in [2.24, 2.45) is 0 Å². The molecule has 0 saturated heterocycles. The second kappa shape index (κ2) is 8.24. The summed E-state index contributed by atoms with van der Waals surface area (Å²) in [5, 5.41) is 0.337. The third-order valence-corrected chi connectivity index (χ3v) is 4.91. The fraction of sp³-hybridized carbons (Fsp3) is 0.143. The van der Waals surface area contributed by atoms with Crippen molar-refractivity contribution in [3.8, 4) is 0 Å². The first-order valence-corrected chi connectivity index (χ1v) is 8.30. The van der Waals surface area contributed by atoms with Crippen LogP contribution in [-0.4, -0.2) is 0 Å². The topological polar surface area (TPSA) is 0 Å². The largest absolute Gasteiger partial charge is 0.417 e. The summed E-state index contributed by atoms with van der Waals surface area (Å²) in [7, 11) is 0. The van der Waals surface area contributed by atoms with Gasteiger partial charge in [0, 0.05) is 7.14 Å². The molecular formula is C14H7ClF6I2. The zero-order valence-electron chi connectivity index (χ0n) is 10.9. The molecule has 2 aromatic carbocycles. The van der Waals surface area contributed by atoms with Gasteiger partial charge < -0.3 is 0 Å². The smallest absolute Gasteiger partial charge is 0.166 e. The quantitative estimate of drug-likeness (QED) is 0.228. The van der Waals surface area contributed by atoms with E-state index in [2.05, 4.69) is 0 Å². The lowest BCUT2D eigenvalue weighted by Gasteiger charge is -2.07. The van der Waals surface area contributed by atoms with E-state index in [1.165, 1.54) is 18.2 Å². The number of alkyl halides is 6. The van der Waals surface area contributed by atoms with Crippen molar-refractivity contribution in [1.29, 1.82) is 0 Å². The van der Waals surface area contributed by atoms with Crippen LogP contribution < -0.4 is 0 Å². The maximum Gasteiger partial charge on any atom is 0.417 e. The van der Waals surface area contributed by atoms with E-state index in [1.54, 1.807) is 51.2 Å². The van der Waals surface area contributed by atoms with E-state index in [-0.39, 0.29) is 3.57 Å². The Morgan fingerprint density at radius 1 is 0.739 bits per heavy atom. The average Bonchev–Trinajstić information content (AvgIpc) is 2.40. The molecule has 9 heteroatoms. The van der Waals surface area contributed by atoms with Crippen LogP contribution in [0.4, 0.5) is 26.3 Å². The summed E-state index contributed by atoms with van der Waals surface area (Å²) in [6.45, 7) is 0. The van der Waals surface area contributed by atoms with E-state index in [0.717, 1.165) is 18.2 Å². The van der Waals surface area contributed by atoms with Crippen molar-refractivity contribution >= 4 is 56.8 Å². The van der Waals surface area contributed by atoms with Crippen LogP contribution >= 0.6 is 56.8 Å². The molecule has 0 fully saturated rings. The van der Waals surface area contributed by atoms with E-state index in [4.69, 9.17) is 11.6 Å². The predicted octanol–water partition coefficient (Wildman–Crippen LogP) is 7.27. The standard InChI is InChI=1S/C7H3ClF3I.C7H4F3I/c8-5-2-1-4(3-6(5)12)7(9,10)11;8-7(9,10)5-3-1-2-4-6(5)11/h1-3H;1-4H. The fourth-order valence-electron chi connectivity index (χ4n) is 1.36. The summed E-state index contributed by atoms with van der Waals surface area (Å²) < 4.78 is 72.9. The molecule has 23 heavy (non-hydrogen) atoms. The maximum atomic E-state index is 12.1. The van der Waals surface area contributed by atoms with Crippen LogP contribution in [0.25, 0.3) is 0 Å². The molecule has 0 atom stereocenters. The molecule has 0 nitrogen and oxygen atoms in total. The summed E-state index contributed by atoms with van der Waals surface area (Å²) in [6, 6.07) is 8.69. The molecular weight excluding hydrogens is 571 g/mol. The van der Waals surface area contributed by atoms with Gasteiger partial charge in [-0.1, -0.05) is 23.7 Å². The van der Waals surface area contributed by atoms with Gasteiger partial charge in [-0.05, 0) is 75.5 Å². The third kappa shape index (κ3) is 6.65. The number of rotatable bonds is 0. The molecule has 0 N–H and O–H groups in total. The highest BCUT2D eigenvalue weighted by Gasteiger charge is 2.32. The normalized spacial score (nSPS) is 11.7. The van der Waals surface area contributed by atoms with Gasteiger partial charge in [-0.25, -0.2) is 0 Å². The fourth-order valence-corrected chi connectivity index (χ4v) is 2.69. The molecule has 0 aromatic heterocycles. The minimum absolute atomic E-state index is 0.234. The van der Waals surface area contributed by atoms with Crippen molar-refractivity contribution in [3.05, 3.63) is 65.8 Å². The van der Waals surface area contributed by atoms with Crippen LogP contribution in [0.5, 0.6) is 0 Å². The Hall–Kier alpha value is -0.230. The summed E-state index contributed by atoms with van der Waals surface area (Å²) in [6.07, 6.45) is -8.51. The Kier molecular flexibility index (Phi) is 7.45. The first kappa shape index (κ1) is 20.8. The molecule has 0 aliphatic heterocycles. The molecule has 0 saturated carbocycles. The van der Waals surface area contributed by atoms with Crippen LogP contribution in [0.3, 0.4) is 0 Å². The van der Waals surface area contributed by atoms with Gasteiger partial charge in [-0.15, -0.1) is 0 Å². The Bertz CT molecular complexity index is 667. The van der Waals surface area contributed by atoms with Gasteiger partial charge in [-0.2, -0.15) is 26.3 Å². The van der Waals surface area contributed by atoms with Crippen LogP contribution in [0.1, 0.15) is 11.1 Å². The summed E-state index contributed by atoms with van der Waals surface area (Å²) >= 11 is 8.98. The maximum absolute atomic E-state index is 12.1. The van der Waals surface area contributed by atoms with E-state index < -0.39 is 23.5 Å². The number of hydrogen-bond donors (Lipinski definition) is 0. The van der Waals surface area contributed by atoms with Gasteiger partial charge >= 0.3 is 12.4 Å². The molecule has 0 bridgehead atoms. The zero-order valence-corrected chi connectivity index (χ0v) is 16.0. The monoisotopic (exact) mass is 578 g/mol. The zero-order chi connectivity index (χ0) is 17.8. The highest BCUT2D eigenvalue weighted by atomic mass is 127. The van der Waals surface area contributed by atoms with Crippen molar-refractivity contribution in [1.82, 2.24) is 0 Å². The second-order valence-electron chi connectivity index (χ2n) is 4.10. The molecule has 2 rings (SSSR count). The highest BCUT2D eigenvalue weighted by molar-refractivity contribution is 14.1. The van der Waals surface area contributed by atoms with Gasteiger partial charge in [0.2, 0.25) is 0 Å². The molecule has 0 heterocycles. The van der Waals surface area contributed by atoms with Crippen LogP contribution in [0.15, 0.2) is 42.5 Å². The molecule has 0 unspecified atom stereocenters. The van der Waals surface area contributed by atoms with Crippen molar-refractivity contribution in [3.63, 3.8) is 0 Å². The van der Waals surface area contributed by atoms with E-state index in [9.17, 15) is 26.3 Å². The Morgan fingerprint density at radius 2 is 1.30 bits per heavy atom. The molecule has 0 aliphatic rings. The molecule has 0 spiro atoms. The van der Waals surface area contributed by atoms with E-state index in [0.29, 0.717) is 8.59 Å². The SMILES string of the molecule is FC(F)(F)c1ccc(Cl)c(I)c1.FC(F)(F)c1ccccc1I. The molecule has 0 radical (unpaired) electrons. The minimum Gasteiger partial charge on any atom is -0.166 e. The van der Waals surface area contributed by atoms with Gasteiger partial charge in [-0.3, -0.25) is 0 Å². The third-order valence-electron chi connectivity index (χ3n) is 2.43. The van der Waals surface area contributed by atoms with Crippen LogP contribution in [-0.2, 0) is 12.4 Å². The minimum atomic E-state index is -4.29. The number of hydrogen-bond acceptors (Lipinski definition) is 0. The van der Waals surface area contributed by atoms with Crippen molar-refractivity contribution in [2.75, 3.05) is 0 Å². The Morgan fingerprint density at radius 3 is 1.70 bits per heavy atom. The molecule has 0 aliphatic carbocycles. The van der Waals surface area contributed by atoms with Gasteiger partial charge in [0.25, 0.3) is 0 Å². The Balaban J connectivity index is 0.000000231. The lowest BCUT2D eigenvalue weighted by atomic mass is 10.2. The first-order valence-electron chi connectivity index (χ1n) is 5.77. The van der Waals surface area contributed by atoms with Crippen LogP contribution in [0, 0.1) is 7.14 Å². The lowest BCUT2D eigenvalue weighted by molar-refractivity contribution is -0.138. The second-order valence-corrected chi connectivity index (χ2v) is 6.84. The highest BCUT2D eigenvalue weighted by Crippen LogP contribution is 2.33. The summed E-state index contributed by atoms with van der Waals surface area (Å²) in [5.41, 5.74) is -1.24. The van der Waals surface area contributed by atoms with Gasteiger partial charge in [0.1, 0.15) is 0 Å². The van der Waals surface area contributed by atoms with Gasteiger partial charge in [0.05, 0.1) is 16.1 Å².